The summed E-state index contributed by atoms with van der Waals surface area (Å²) in [5.74, 6) is 0.743. The van der Waals surface area contributed by atoms with Gasteiger partial charge in [-0.15, -0.1) is 0 Å². The number of unbranched alkanes of at least 4 members (excludes halogenated alkanes) is 2. The maximum atomic E-state index is 4.18. The van der Waals surface area contributed by atoms with Gasteiger partial charge >= 0.3 is 0 Å². The summed E-state index contributed by atoms with van der Waals surface area (Å²) < 4.78 is 0. The molecule has 0 fully saturated rings. The number of hydrogen-bond acceptors (Lipinski definition) is 0. The standard InChI is InChI=1S/C18H34/c1-7-8-9-12-16(2)13-10-11-14-17(3)15-18(4,5)6/h10,13,16H,3,7-9,11-12,14-15H2,1-2,4-6H3. The van der Waals surface area contributed by atoms with Crippen LogP contribution in [0, 0.1) is 11.3 Å². The third-order valence-corrected chi connectivity index (χ3v) is 3.17. The van der Waals surface area contributed by atoms with E-state index in [2.05, 4.69) is 53.3 Å². The van der Waals surface area contributed by atoms with Crippen LogP contribution in [0.2, 0.25) is 0 Å². The highest BCUT2D eigenvalue weighted by Crippen LogP contribution is 2.25. The van der Waals surface area contributed by atoms with Crippen molar-refractivity contribution in [3.63, 3.8) is 0 Å². The first-order valence-corrected chi connectivity index (χ1v) is 7.68. The lowest BCUT2D eigenvalue weighted by atomic mass is 9.87. The Morgan fingerprint density at radius 3 is 2.44 bits per heavy atom. The van der Waals surface area contributed by atoms with Crippen molar-refractivity contribution in [1.82, 2.24) is 0 Å². The van der Waals surface area contributed by atoms with E-state index in [1.807, 2.05) is 0 Å². The van der Waals surface area contributed by atoms with Crippen molar-refractivity contribution in [3.8, 4) is 0 Å². The van der Waals surface area contributed by atoms with Crippen LogP contribution in [0.15, 0.2) is 24.3 Å². The lowest BCUT2D eigenvalue weighted by Crippen LogP contribution is -2.05. The largest absolute Gasteiger partial charge is 0.0998 e. The quantitative estimate of drug-likeness (QED) is 0.322. The average Bonchev–Trinajstić information content (AvgIpc) is 2.22. The molecular formula is C18H34. The number of allylic oxidation sites excluding steroid dienone is 3. The summed E-state index contributed by atoms with van der Waals surface area (Å²) in [6.07, 6.45) is 13.6. The van der Waals surface area contributed by atoms with Crippen LogP contribution in [0.1, 0.15) is 79.6 Å². The molecule has 0 aliphatic rings. The molecule has 0 N–H and O–H groups in total. The van der Waals surface area contributed by atoms with Gasteiger partial charge in [0.15, 0.2) is 0 Å². The van der Waals surface area contributed by atoms with E-state index in [1.165, 1.54) is 31.3 Å². The van der Waals surface area contributed by atoms with Crippen molar-refractivity contribution in [1.29, 1.82) is 0 Å². The summed E-state index contributed by atoms with van der Waals surface area (Å²) >= 11 is 0. The summed E-state index contributed by atoms with van der Waals surface area (Å²) in [6, 6.07) is 0. The van der Waals surface area contributed by atoms with Crippen LogP contribution in [-0.2, 0) is 0 Å². The fourth-order valence-corrected chi connectivity index (χ4v) is 2.27. The van der Waals surface area contributed by atoms with Crippen molar-refractivity contribution >= 4 is 0 Å². The topological polar surface area (TPSA) is 0 Å². The molecular weight excluding hydrogens is 216 g/mol. The predicted octanol–water partition coefficient (Wildman–Crippen LogP) is 6.53. The van der Waals surface area contributed by atoms with Gasteiger partial charge in [-0.05, 0) is 37.0 Å². The van der Waals surface area contributed by atoms with Gasteiger partial charge in [0, 0.05) is 0 Å². The molecule has 0 aromatic heterocycles. The minimum Gasteiger partial charge on any atom is -0.0998 e. The lowest BCUT2D eigenvalue weighted by Gasteiger charge is -2.19. The van der Waals surface area contributed by atoms with E-state index in [0.29, 0.717) is 5.41 Å². The highest BCUT2D eigenvalue weighted by molar-refractivity contribution is 5.00. The van der Waals surface area contributed by atoms with Gasteiger partial charge in [-0.1, -0.05) is 78.2 Å². The smallest absolute Gasteiger partial charge is 0.0262 e. The highest BCUT2D eigenvalue weighted by Gasteiger charge is 2.11. The SMILES string of the molecule is C=C(CCC=CC(C)CCCCC)CC(C)(C)C. The van der Waals surface area contributed by atoms with Gasteiger partial charge in [0.2, 0.25) is 0 Å². The third kappa shape index (κ3) is 12.0. The minimum atomic E-state index is 0.383. The second kappa shape index (κ2) is 9.42. The van der Waals surface area contributed by atoms with Crippen LogP contribution in [0.5, 0.6) is 0 Å². The van der Waals surface area contributed by atoms with Crippen LogP contribution >= 0.6 is 0 Å². The molecule has 0 spiro atoms. The zero-order valence-electron chi connectivity index (χ0n) is 13.4. The van der Waals surface area contributed by atoms with Gasteiger partial charge in [-0.3, -0.25) is 0 Å². The van der Waals surface area contributed by atoms with Crippen LogP contribution in [0.3, 0.4) is 0 Å². The van der Waals surface area contributed by atoms with Gasteiger partial charge in [-0.2, -0.15) is 0 Å². The second-order valence-corrected chi connectivity index (χ2v) is 6.93. The molecule has 0 aliphatic carbocycles. The van der Waals surface area contributed by atoms with E-state index in [4.69, 9.17) is 0 Å². The van der Waals surface area contributed by atoms with E-state index in [1.54, 1.807) is 0 Å². The van der Waals surface area contributed by atoms with Crippen molar-refractivity contribution in [2.24, 2.45) is 11.3 Å². The van der Waals surface area contributed by atoms with E-state index in [9.17, 15) is 0 Å². The Morgan fingerprint density at radius 1 is 1.22 bits per heavy atom. The first kappa shape index (κ1) is 17.5. The molecule has 0 aliphatic heterocycles. The Hall–Kier alpha value is -0.520. The van der Waals surface area contributed by atoms with Crippen molar-refractivity contribution in [2.75, 3.05) is 0 Å². The van der Waals surface area contributed by atoms with Gasteiger partial charge in [0.1, 0.15) is 0 Å². The van der Waals surface area contributed by atoms with E-state index in [-0.39, 0.29) is 0 Å². The van der Waals surface area contributed by atoms with Crippen LogP contribution in [-0.4, -0.2) is 0 Å². The summed E-state index contributed by atoms with van der Waals surface area (Å²) in [5.41, 5.74) is 1.78. The molecule has 0 rings (SSSR count). The molecule has 0 heterocycles. The maximum absolute atomic E-state index is 4.18. The molecule has 0 radical (unpaired) electrons. The van der Waals surface area contributed by atoms with Gasteiger partial charge in [0.25, 0.3) is 0 Å². The highest BCUT2D eigenvalue weighted by atomic mass is 14.2. The molecule has 0 aromatic carbocycles. The first-order valence-electron chi connectivity index (χ1n) is 7.68. The number of hydrogen-bond donors (Lipinski definition) is 0. The lowest BCUT2D eigenvalue weighted by molar-refractivity contribution is 0.405. The van der Waals surface area contributed by atoms with E-state index in [0.717, 1.165) is 25.2 Å². The molecule has 0 bridgehead atoms. The molecule has 0 saturated heterocycles. The minimum absolute atomic E-state index is 0.383. The molecule has 106 valence electrons. The van der Waals surface area contributed by atoms with Crippen molar-refractivity contribution in [2.45, 2.75) is 79.6 Å². The molecule has 18 heavy (non-hydrogen) atoms. The molecule has 1 atom stereocenters. The zero-order chi connectivity index (χ0) is 14.0. The predicted molar refractivity (Wildman–Crippen MR) is 84.9 cm³/mol. The third-order valence-electron chi connectivity index (χ3n) is 3.17. The maximum Gasteiger partial charge on any atom is -0.0262 e. The van der Waals surface area contributed by atoms with Crippen LogP contribution < -0.4 is 0 Å². The van der Waals surface area contributed by atoms with Crippen LogP contribution in [0.4, 0.5) is 0 Å². The average molecular weight is 250 g/mol. The molecule has 0 nitrogen and oxygen atoms in total. The van der Waals surface area contributed by atoms with Gasteiger partial charge in [0.05, 0.1) is 0 Å². The molecule has 0 aromatic rings. The van der Waals surface area contributed by atoms with Gasteiger partial charge in [-0.25, -0.2) is 0 Å². The Balaban J connectivity index is 3.66. The molecule has 0 heteroatoms. The Labute approximate surface area is 116 Å². The Kier molecular flexibility index (Phi) is 9.14. The molecule has 0 saturated carbocycles. The first-order chi connectivity index (χ1) is 8.35. The van der Waals surface area contributed by atoms with Crippen molar-refractivity contribution in [3.05, 3.63) is 24.3 Å². The summed E-state index contributed by atoms with van der Waals surface area (Å²) in [7, 11) is 0. The Morgan fingerprint density at radius 2 is 1.89 bits per heavy atom. The van der Waals surface area contributed by atoms with Crippen molar-refractivity contribution < 1.29 is 0 Å². The normalized spacial score (nSPS) is 14.1. The summed E-state index contributed by atoms with van der Waals surface area (Å²) in [4.78, 5) is 0. The van der Waals surface area contributed by atoms with E-state index < -0.39 is 0 Å². The summed E-state index contributed by atoms with van der Waals surface area (Å²) in [6.45, 7) is 15.6. The zero-order valence-corrected chi connectivity index (χ0v) is 13.4. The monoisotopic (exact) mass is 250 g/mol. The number of rotatable bonds is 9. The fourth-order valence-electron chi connectivity index (χ4n) is 2.27. The van der Waals surface area contributed by atoms with E-state index >= 15 is 0 Å². The molecule has 1 unspecified atom stereocenters. The summed E-state index contributed by atoms with van der Waals surface area (Å²) in [5, 5.41) is 0. The van der Waals surface area contributed by atoms with Crippen LogP contribution in [0.25, 0.3) is 0 Å². The Bertz CT molecular complexity index is 239. The molecule has 0 amide bonds. The fraction of sp³-hybridized carbons (Fsp3) is 0.778. The second-order valence-electron chi connectivity index (χ2n) is 6.93. The van der Waals surface area contributed by atoms with Gasteiger partial charge < -0.3 is 0 Å².